The van der Waals surface area contributed by atoms with Gasteiger partial charge in [0.25, 0.3) is 11.8 Å². The van der Waals surface area contributed by atoms with Gasteiger partial charge < -0.3 is 5.32 Å². The van der Waals surface area contributed by atoms with Crippen LogP contribution in [-0.2, 0) is 4.79 Å². The summed E-state index contributed by atoms with van der Waals surface area (Å²) >= 11 is 0. The highest BCUT2D eigenvalue weighted by Crippen LogP contribution is 2.25. The van der Waals surface area contributed by atoms with Crippen LogP contribution in [0.2, 0.25) is 0 Å². The smallest absolute Gasteiger partial charge is 0.281 e. The molecule has 0 atom stereocenters. The highest BCUT2D eigenvalue weighted by molar-refractivity contribution is 6.05. The van der Waals surface area contributed by atoms with E-state index in [0.717, 1.165) is 11.3 Å². The summed E-state index contributed by atoms with van der Waals surface area (Å²) < 4.78 is 1.73. The van der Waals surface area contributed by atoms with Crippen molar-refractivity contribution in [1.82, 2.24) is 20.5 Å². The first kappa shape index (κ1) is 20.8. The monoisotopic (exact) mass is 423 g/mol. The Bertz CT molecular complexity index is 1250. The summed E-state index contributed by atoms with van der Waals surface area (Å²) in [6.45, 7) is 0. The van der Waals surface area contributed by atoms with Gasteiger partial charge >= 0.3 is 0 Å². The molecule has 0 radical (unpaired) electrons. The molecule has 1 aromatic heterocycles. The minimum Gasteiger partial charge on any atom is -0.317 e. The number of rotatable bonds is 6. The van der Waals surface area contributed by atoms with Gasteiger partial charge in [-0.3, -0.25) is 15.0 Å². The molecule has 7 nitrogen and oxygen atoms in total. The molecule has 0 saturated heterocycles. The van der Waals surface area contributed by atoms with Crippen molar-refractivity contribution < 1.29 is 9.59 Å². The predicted octanol–water partition coefficient (Wildman–Crippen LogP) is 3.30. The fraction of sp³-hybridized carbons (Fsp3) is 0. The number of aromatic nitrogens is 2. The third-order valence-electron chi connectivity index (χ3n) is 4.77. The van der Waals surface area contributed by atoms with Gasteiger partial charge in [-0.05, 0) is 30.3 Å². The van der Waals surface area contributed by atoms with Crippen molar-refractivity contribution in [3.8, 4) is 16.9 Å². The van der Waals surface area contributed by atoms with Crippen LogP contribution in [0.15, 0.2) is 103 Å². The van der Waals surface area contributed by atoms with Gasteiger partial charge in [0.1, 0.15) is 11.4 Å². The summed E-state index contributed by atoms with van der Waals surface area (Å²) in [7, 11) is 0. The second kappa shape index (κ2) is 9.55. The summed E-state index contributed by atoms with van der Waals surface area (Å²) in [6.07, 6.45) is 3.37. The van der Waals surface area contributed by atoms with E-state index in [1.165, 1.54) is 0 Å². The largest absolute Gasteiger partial charge is 0.317 e. The maximum Gasteiger partial charge on any atom is 0.281 e. The number of carbonyl (C=O) groups excluding carboxylic acids is 2. The van der Waals surface area contributed by atoms with E-state index < -0.39 is 11.8 Å². The number of benzene rings is 3. The standard InChI is InChI=1S/C25H21N5O2/c26-28-25(32)22(27-24(31)19-12-6-2-7-13-19)16-20-17-30(21-14-8-3-9-15-21)29-23(20)18-10-4-1-5-11-18/h1-17H,26H2,(H,27,31)(H,28,32)/b22-16+. The lowest BCUT2D eigenvalue weighted by Crippen LogP contribution is -2.38. The second-order valence-corrected chi connectivity index (χ2v) is 6.93. The van der Waals surface area contributed by atoms with Crippen LogP contribution in [0.4, 0.5) is 0 Å². The van der Waals surface area contributed by atoms with Crippen LogP contribution in [0.5, 0.6) is 0 Å². The average molecular weight is 423 g/mol. The lowest BCUT2D eigenvalue weighted by atomic mass is 10.1. The SMILES string of the molecule is NNC(=O)/C(=C\c1cn(-c2ccccc2)nc1-c1ccccc1)NC(=O)c1ccccc1. The molecule has 4 rings (SSSR count). The van der Waals surface area contributed by atoms with Crippen molar-refractivity contribution in [3.63, 3.8) is 0 Å². The highest BCUT2D eigenvalue weighted by atomic mass is 16.2. The van der Waals surface area contributed by atoms with Crippen LogP contribution in [-0.4, -0.2) is 21.6 Å². The molecule has 158 valence electrons. The molecule has 7 heteroatoms. The van der Waals surface area contributed by atoms with Crippen molar-refractivity contribution in [2.45, 2.75) is 0 Å². The van der Waals surface area contributed by atoms with Gasteiger partial charge in [-0.1, -0.05) is 66.7 Å². The van der Waals surface area contributed by atoms with Gasteiger partial charge in [0, 0.05) is 22.9 Å². The number of amides is 2. The van der Waals surface area contributed by atoms with E-state index in [1.54, 1.807) is 41.2 Å². The lowest BCUT2D eigenvalue weighted by Gasteiger charge is -2.09. The van der Waals surface area contributed by atoms with Gasteiger partial charge in [0.05, 0.1) is 5.69 Å². The molecule has 2 amide bonds. The van der Waals surface area contributed by atoms with E-state index in [1.807, 2.05) is 66.7 Å². The number of para-hydroxylation sites is 1. The van der Waals surface area contributed by atoms with E-state index in [9.17, 15) is 9.59 Å². The molecule has 4 N–H and O–H groups in total. The minimum absolute atomic E-state index is 0.00569. The molecule has 32 heavy (non-hydrogen) atoms. The fourth-order valence-electron chi connectivity index (χ4n) is 3.20. The highest BCUT2D eigenvalue weighted by Gasteiger charge is 2.17. The zero-order valence-corrected chi connectivity index (χ0v) is 17.1. The maximum atomic E-state index is 12.7. The molecule has 3 aromatic carbocycles. The molecular formula is C25H21N5O2. The molecule has 0 aliphatic heterocycles. The van der Waals surface area contributed by atoms with Gasteiger partial charge in [0.15, 0.2) is 0 Å². The molecule has 0 aliphatic carbocycles. The number of nitrogens with zero attached hydrogens (tertiary/aromatic N) is 2. The van der Waals surface area contributed by atoms with Crippen molar-refractivity contribution in [3.05, 3.63) is 114 Å². The van der Waals surface area contributed by atoms with E-state index in [0.29, 0.717) is 16.8 Å². The summed E-state index contributed by atoms with van der Waals surface area (Å²) in [5.74, 6) is 4.33. The first-order chi connectivity index (χ1) is 15.7. The van der Waals surface area contributed by atoms with Crippen molar-refractivity contribution in [1.29, 1.82) is 0 Å². The van der Waals surface area contributed by atoms with Gasteiger partial charge in [-0.15, -0.1) is 0 Å². The number of hydrazine groups is 1. The van der Waals surface area contributed by atoms with Crippen LogP contribution in [0.25, 0.3) is 23.0 Å². The summed E-state index contributed by atoms with van der Waals surface area (Å²) in [4.78, 5) is 25.1. The average Bonchev–Trinajstić information content (AvgIpc) is 3.28. The molecule has 1 heterocycles. The van der Waals surface area contributed by atoms with Crippen LogP contribution in [0.3, 0.4) is 0 Å². The number of nitrogens with two attached hydrogens (primary N) is 1. The zero-order chi connectivity index (χ0) is 22.3. The Hall–Kier alpha value is -4.49. The summed E-state index contributed by atoms with van der Waals surface area (Å²) in [5, 5.41) is 7.38. The van der Waals surface area contributed by atoms with Crippen LogP contribution in [0.1, 0.15) is 15.9 Å². The molecule has 0 aliphatic rings. The summed E-state index contributed by atoms with van der Waals surface area (Å²) in [6, 6.07) is 27.9. The van der Waals surface area contributed by atoms with Gasteiger partial charge in [-0.25, -0.2) is 10.5 Å². The molecular weight excluding hydrogens is 402 g/mol. The number of carbonyl (C=O) groups is 2. The molecule has 0 fully saturated rings. The lowest BCUT2D eigenvalue weighted by molar-refractivity contribution is -0.117. The predicted molar refractivity (Wildman–Crippen MR) is 123 cm³/mol. The third kappa shape index (κ3) is 4.63. The Morgan fingerprint density at radius 3 is 2.06 bits per heavy atom. The third-order valence-corrected chi connectivity index (χ3v) is 4.77. The maximum absolute atomic E-state index is 12.7. The second-order valence-electron chi connectivity index (χ2n) is 6.93. The Balaban J connectivity index is 1.78. The number of hydrogen-bond acceptors (Lipinski definition) is 4. The van der Waals surface area contributed by atoms with Crippen LogP contribution in [0, 0.1) is 0 Å². The van der Waals surface area contributed by atoms with Crippen LogP contribution >= 0.6 is 0 Å². The number of nitrogens with one attached hydrogen (secondary N) is 2. The molecule has 4 aromatic rings. The van der Waals surface area contributed by atoms with E-state index in [-0.39, 0.29) is 5.70 Å². The Morgan fingerprint density at radius 1 is 0.844 bits per heavy atom. The first-order valence-electron chi connectivity index (χ1n) is 9.95. The van der Waals surface area contributed by atoms with Crippen molar-refractivity contribution in [2.75, 3.05) is 0 Å². The minimum atomic E-state index is -0.624. The molecule has 0 bridgehead atoms. The Labute approximate surface area is 185 Å². The normalized spacial score (nSPS) is 11.1. The molecule has 0 saturated carbocycles. The summed E-state index contributed by atoms with van der Waals surface area (Å²) in [5.41, 5.74) is 5.56. The van der Waals surface area contributed by atoms with Crippen LogP contribution < -0.4 is 16.6 Å². The fourth-order valence-corrected chi connectivity index (χ4v) is 3.20. The van der Waals surface area contributed by atoms with Gasteiger partial charge in [-0.2, -0.15) is 5.10 Å². The Kier molecular flexibility index (Phi) is 6.20. The van der Waals surface area contributed by atoms with Crippen molar-refractivity contribution >= 4 is 17.9 Å². The van der Waals surface area contributed by atoms with Gasteiger partial charge in [0.2, 0.25) is 0 Å². The first-order valence-corrected chi connectivity index (χ1v) is 9.95. The van der Waals surface area contributed by atoms with Crippen molar-refractivity contribution in [2.24, 2.45) is 5.84 Å². The molecule has 0 unspecified atom stereocenters. The molecule has 0 spiro atoms. The Morgan fingerprint density at radius 2 is 1.44 bits per heavy atom. The van der Waals surface area contributed by atoms with E-state index in [2.05, 4.69) is 10.7 Å². The quantitative estimate of drug-likeness (QED) is 0.192. The topological polar surface area (TPSA) is 102 Å². The van der Waals surface area contributed by atoms with E-state index in [4.69, 9.17) is 10.9 Å². The van der Waals surface area contributed by atoms with E-state index >= 15 is 0 Å². The zero-order valence-electron chi connectivity index (χ0n) is 17.1. The number of hydrogen-bond donors (Lipinski definition) is 3.